The average Bonchev–Trinajstić information content (AvgIpc) is 2.75. The van der Waals surface area contributed by atoms with E-state index < -0.39 is 0 Å². The number of rotatable bonds is 19. The summed E-state index contributed by atoms with van der Waals surface area (Å²) in [5.74, 6) is 0.148. The van der Waals surface area contributed by atoms with Crippen LogP contribution in [0.25, 0.3) is 0 Å². The van der Waals surface area contributed by atoms with Crippen molar-refractivity contribution in [3.8, 4) is 0 Å². The number of benzene rings is 1. The van der Waals surface area contributed by atoms with Crippen molar-refractivity contribution in [3.05, 3.63) is 35.4 Å². The van der Waals surface area contributed by atoms with E-state index in [2.05, 4.69) is 18.3 Å². The third-order valence-corrected chi connectivity index (χ3v) is 5.78. The normalized spacial score (nSPS) is 12.1. The lowest BCUT2D eigenvalue weighted by Gasteiger charge is -2.08. The van der Waals surface area contributed by atoms with Gasteiger partial charge in [-0.1, -0.05) is 102 Å². The topological polar surface area (TPSA) is 75.3 Å². The summed E-state index contributed by atoms with van der Waals surface area (Å²) in [6, 6.07) is 8.08. The van der Waals surface area contributed by atoms with E-state index in [9.17, 15) is 9.90 Å². The van der Waals surface area contributed by atoms with Gasteiger partial charge < -0.3 is 16.2 Å². The second-order valence-electron chi connectivity index (χ2n) is 8.67. The van der Waals surface area contributed by atoms with Crippen molar-refractivity contribution in [2.45, 2.75) is 122 Å². The van der Waals surface area contributed by atoms with Crippen LogP contribution in [0, 0.1) is 0 Å². The summed E-state index contributed by atoms with van der Waals surface area (Å²) < 4.78 is 0. The Morgan fingerprint density at radius 3 is 2.07 bits per heavy atom. The van der Waals surface area contributed by atoms with E-state index in [4.69, 9.17) is 5.73 Å². The predicted molar refractivity (Wildman–Crippen MR) is 127 cm³/mol. The molecule has 0 fully saturated rings. The molecule has 0 radical (unpaired) electrons. The maximum Gasteiger partial charge on any atom is 0.220 e. The van der Waals surface area contributed by atoms with E-state index in [0.29, 0.717) is 19.5 Å². The molecule has 4 heteroatoms. The van der Waals surface area contributed by atoms with Gasteiger partial charge in [0.05, 0.1) is 6.10 Å². The summed E-state index contributed by atoms with van der Waals surface area (Å²) >= 11 is 0. The number of hydrogen-bond acceptors (Lipinski definition) is 3. The minimum atomic E-state index is -0.0746. The summed E-state index contributed by atoms with van der Waals surface area (Å²) in [7, 11) is 0. The number of carbonyl (C=O) groups excluding carboxylic acids is 1. The molecular weight excluding hydrogens is 372 g/mol. The van der Waals surface area contributed by atoms with Crippen LogP contribution in [-0.4, -0.2) is 17.1 Å². The Morgan fingerprint density at radius 1 is 0.900 bits per heavy atom. The fourth-order valence-electron chi connectivity index (χ4n) is 3.89. The standard InChI is InChI=1S/C26H46N2O2/c1-2-15-25(29)18-12-10-8-6-4-3-5-7-9-11-13-19-26(30)28-22-24-17-14-16-23(20-24)21-27/h14,16-17,20,25,29H,2-13,15,18-19,21-22,27H2,1H3,(H,28,30). The first-order chi connectivity index (χ1) is 14.7. The molecule has 172 valence electrons. The van der Waals surface area contributed by atoms with Gasteiger partial charge in [-0.05, 0) is 30.4 Å². The number of nitrogens with two attached hydrogens (primary N) is 1. The molecule has 1 aromatic rings. The van der Waals surface area contributed by atoms with Crippen LogP contribution in [0.15, 0.2) is 24.3 Å². The summed E-state index contributed by atoms with van der Waals surface area (Å²) in [6.07, 6.45) is 17.3. The van der Waals surface area contributed by atoms with Crippen molar-refractivity contribution in [3.63, 3.8) is 0 Å². The summed E-state index contributed by atoms with van der Waals surface area (Å²) in [5, 5.41) is 12.7. The lowest BCUT2D eigenvalue weighted by Crippen LogP contribution is -2.22. The van der Waals surface area contributed by atoms with Crippen LogP contribution in [-0.2, 0) is 17.9 Å². The number of amides is 1. The van der Waals surface area contributed by atoms with Crippen LogP contribution in [0.1, 0.15) is 114 Å². The van der Waals surface area contributed by atoms with Crippen LogP contribution in [0.5, 0.6) is 0 Å². The van der Waals surface area contributed by atoms with Gasteiger partial charge in [0.2, 0.25) is 5.91 Å². The Labute approximate surface area is 185 Å². The Balaban J connectivity index is 1.85. The number of hydrogen-bond donors (Lipinski definition) is 3. The minimum Gasteiger partial charge on any atom is -0.393 e. The molecule has 0 saturated carbocycles. The Kier molecular flexibility index (Phi) is 16.3. The molecule has 0 saturated heterocycles. The second kappa shape index (κ2) is 18.4. The molecule has 0 aliphatic heterocycles. The molecule has 0 aliphatic carbocycles. The number of carbonyl (C=O) groups is 1. The van der Waals surface area contributed by atoms with Crippen LogP contribution in [0.2, 0.25) is 0 Å². The molecule has 4 N–H and O–H groups in total. The highest BCUT2D eigenvalue weighted by molar-refractivity contribution is 5.75. The SMILES string of the molecule is CCCC(O)CCCCCCCCCCCCCC(=O)NCc1cccc(CN)c1. The van der Waals surface area contributed by atoms with E-state index in [1.807, 2.05) is 18.2 Å². The van der Waals surface area contributed by atoms with Crippen molar-refractivity contribution in [2.24, 2.45) is 5.73 Å². The van der Waals surface area contributed by atoms with Gasteiger partial charge in [0.25, 0.3) is 0 Å². The predicted octanol–water partition coefficient (Wildman–Crippen LogP) is 5.99. The van der Waals surface area contributed by atoms with E-state index >= 15 is 0 Å². The molecule has 1 rings (SSSR count). The van der Waals surface area contributed by atoms with Crippen molar-refractivity contribution < 1.29 is 9.90 Å². The van der Waals surface area contributed by atoms with Gasteiger partial charge in [-0.15, -0.1) is 0 Å². The highest BCUT2D eigenvalue weighted by Crippen LogP contribution is 2.14. The molecule has 1 atom stereocenters. The maximum absolute atomic E-state index is 12.0. The minimum absolute atomic E-state index is 0.0746. The van der Waals surface area contributed by atoms with Crippen LogP contribution in [0.3, 0.4) is 0 Å². The van der Waals surface area contributed by atoms with Crippen LogP contribution < -0.4 is 11.1 Å². The van der Waals surface area contributed by atoms with Gasteiger partial charge in [0, 0.05) is 19.5 Å². The second-order valence-corrected chi connectivity index (χ2v) is 8.67. The number of aliphatic hydroxyl groups excluding tert-OH is 1. The van der Waals surface area contributed by atoms with E-state index in [1.54, 1.807) is 0 Å². The van der Waals surface area contributed by atoms with E-state index in [1.165, 1.54) is 57.8 Å². The fraction of sp³-hybridized carbons (Fsp3) is 0.731. The monoisotopic (exact) mass is 418 g/mol. The van der Waals surface area contributed by atoms with Gasteiger partial charge in [0.1, 0.15) is 0 Å². The zero-order valence-electron chi connectivity index (χ0n) is 19.3. The maximum atomic E-state index is 12.0. The van der Waals surface area contributed by atoms with Gasteiger partial charge >= 0.3 is 0 Å². The Hall–Kier alpha value is -1.39. The highest BCUT2D eigenvalue weighted by atomic mass is 16.3. The molecule has 0 aliphatic rings. The number of aliphatic hydroxyl groups is 1. The molecular formula is C26H46N2O2. The third-order valence-electron chi connectivity index (χ3n) is 5.78. The first kappa shape index (κ1) is 26.6. The van der Waals surface area contributed by atoms with Gasteiger partial charge in [-0.2, -0.15) is 0 Å². The number of unbranched alkanes of at least 4 members (excludes halogenated alkanes) is 10. The molecule has 1 amide bonds. The molecule has 0 heterocycles. The largest absolute Gasteiger partial charge is 0.393 e. The molecule has 1 unspecified atom stereocenters. The first-order valence-corrected chi connectivity index (χ1v) is 12.4. The van der Waals surface area contributed by atoms with Crippen LogP contribution in [0.4, 0.5) is 0 Å². The molecule has 0 aromatic heterocycles. The van der Waals surface area contributed by atoms with Gasteiger partial charge in [0.15, 0.2) is 0 Å². The number of nitrogens with one attached hydrogen (secondary N) is 1. The van der Waals surface area contributed by atoms with Crippen molar-refractivity contribution in [1.82, 2.24) is 5.32 Å². The lowest BCUT2D eigenvalue weighted by molar-refractivity contribution is -0.121. The zero-order valence-corrected chi connectivity index (χ0v) is 19.3. The molecule has 0 spiro atoms. The molecule has 30 heavy (non-hydrogen) atoms. The quantitative estimate of drug-likeness (QED) is 0.241. The van der Waals surface area contributed by atoms with Gasteiger partial charge in [-0.25, -0.2) is 0 Å². The highest BCUT2D eigenvalue weighted by Gasteiger charge is 2.03. The van der Waals surface area contributed by atoms with E-state index in [0.717, 1.165) is 43.2 Å². The van der Waals surface area contributed by atoms with Gasteiger partial charge in [-0.3, -0.25) is 4.79 Å². The smallest absolute Gasteiger partial charge is 0.220 e. The summed E-state index contributed by atoms with van der Waals surface area (Å²) in [5.41, 5.74) is 7.87. The van der Waals surface area contributed by atoms with Crippen molar-refractivity contribution in [2.75, 3.05) is 0 Å². The third kappa shape index (κ3) is 14.6. The van der Waals surface area contributed by atoms with E-state index in [-0.39, 0.29) is 12.0 Å². The lowest BCUT2D eigenvalue weighted by atomic mass is 10.0. The van der Waals surface area contributed by atoms with Crippen molar-refractivity contribution >= 4 is 5.91 Å². The molecule has 1 aromatic carbocycles. The molecule has 4 nitrogen and oxygen atoms in total. The Bertz CT molecular complexity index is 548. The first-order valence-electron chi connectivity index (χ1n) is 12.4. The molecule has 0 bridgehead atoms. The fourth-order valence-corrected chi connectivity index (χ4v) is 3.89. The van der Waals surface area contributed by atoms with Crippen LogP contribution >= 0.6 is 0 Å². The van der Waals surface area contributed by atoms with Crippen molar-refractivity contribution in [1.29, 1.82) is 0 Å². The zero-order chi connectivity index (χ0) is 21.9. The summed E-state index contributed by atoms with van der Waals surface area (Å²) in [6.45, 7) is 3.25. The Morgan fingerprint density at radius 2 is 1.47 bits per heavy atom. The summed E-state index contributed by atoms with van der Waals surface area (Å²) in [4.78, 5) is 12.0. The average molecular weight is 419 g/mol.